The summed E-state index contributed by atoms with van der Waals surface area (Å²) < 4.78 is 42.3. The molecule has 2 nitrogen and oxygen atoms in total. The number of hydrogen-bond acceptors (Lipinski definition) is 2. The number of carbonyl (C=O) groups is 1. The van der Waals surface area contributed by atoms with Crippen LogP contribution in [0.1, 0.15) is 15.9 Å². The molecule has 100 valence electrons. The van der Waals surface area contributed by atoms with Crippen LogP contribution in [0.2, 0.25) is 19.6 Å². The van der Waals surface area contributed by atoms with Crippen molar-refractivity contribution in [2.24, 2.45) is 0 Å². The van der Waals surface area contributed by atoms with Crippen molar-refractivity contribution in [1.82, 2.24) is 0 Å². The summed E-state index contributed by atoms with van der Waals surface area (Å²) in [5, 5.41) is 0. The fraction of sp³-hybridized carbons (Fsp3) is 0.417. The van der Waals surface area contributed by atoms with E-state index in [0.29, 0.717) is 12.0 Å². The van der Waals surface area contributed by atoms with E-state index in [0.717, 1.165) is 0 Å². The molecule has 0 atom stereocenters. The molecule has 6 heteroatoms. The highest BCUT2D eigenvalue weighted by Crippen LogP contribution is 2.26. The molecule has 1 aromatic rings. The maximum Gasteiger partial charge on any atom is 0.393 e. The number of aldehydes is 1. The molecule has 0 aliphatic carbocycles. The Morgan fingerprint density at radius 1 is 1.28 bits per heavy atom. The van der Waals surface area contributed by atoms with Crippen molar-refractivity contribution < 1.29 is 22.4 Å². The second-order valence-electron chi connectivity index (χ2n) is 5.00. The molecule has 0 spiro atoms. The van der Waals surface area contributed by atoms with Gasteiger partial charge < -0.3 is 4.43 Å². The number of hydrogen-bond donors (Lipinski definition) is 0. The first kappa shape index (κ1) is 14.8. The molecule has 0 N–H and O–H groups in total. The minimum atomic E-state index is -4.28. The molecule has 0 aliphatic heterocycles. The van der Waals surface area contributed by atoms with Gasteiger partial charge in [-0.3, -0.25) is 4.79 Å². The van der Waals surface area contributed by atoms with Crippen molar-refractivity contribution in [1.29, 1.82) is 0 Å². The Balaban J connectivity index is 3.00. The van der Waals surface area contributed by atoms with Crippen LogP contribution in [0.25, 0.3) is 0 Å². The third-order valence-corrected chi connectivity index (χ3v) is 2.85. The Bertz CT molecular complexity index is 436. The first-order valence-electron chi connectivity index (χ1n) is 5.44. The topological polar surface area (TPSA) is 26.3 Å². The second kappa shape index (κ2) is 5.13. The monoisotopic (exact) mass is 276 g/mol. The van der Waals surface area contributed by atoms with Gasteiger partial charge in [0.15, 0.2) is 6.29 Å². The van der Waals surface area contributed by atoms with Crippen LogP contribution in [0.3, 0.4) is 0 Å². The van der Waals surface area contributed by atoms with Gasteiger partial charge in [0.1, 0.15) is 5.75 Å². The van der Waals surface area contributed by atoms with Crippen molar-refractivity contribution in [3.8, 4) is 5.75 Å². The summed E-state index contributed by atoms with van der Waals surface area (Å²) in [4.78, 5) is 10.9. The summed E-state index contributed by atoms with van der Waals surface area (Å²) >= 11 is 0. The number of carbonyl (C=O) groups excluding carboxylic acids is 1. The average molecular weight is 276 g/mol. The molecule has 1 aromatic carbocycles. The summed E-state index contributed by atoms with van der Waals surface area (Å²) in [6.07, 6.45) is -4.79. The molecule has 18 heavy (non-hydrogen) atoms. The van der Waals surface area contributed by atoms with E-state index in [-0.39, 0.29) is 11.1 Å². The van der Waals surface area contributed by atoms with Crippen molar-refractivity contribution in [2.45, 2.75) is 32.2 Å². The van der Waals surface area contributed by atoms with E-state index in [1.54, 1.807) is 0 Å². The standard InChI is InChI=1S/C12H15F3O2Si/c1-18(2,3)17-11-5-4-9(6-10(11)8-16)7-12(13,14)15/h4-6,8H,7H2,1-3H3. The zero-order chi connectivity index (χ0) is 14.0. The van der Waals surface area contributed by atoms with Crippen LogP contribution in [0.5, 0.6) is 5.75 Å². The van der Waals surface area contributed by atoms with E-state index in [1.807, 2.05) is 19.6 Å². The van der Waals surface area contributed by atoms with Gasteiger partial charge in [-0.2, -0.15) is 13.2 Å². The van der Waals surface area contributed by atoms with Crippen molar-refractivity contribution >= 4 is 14.6 Å². The summed E-state index contributed by atoms with van der Waals surface area (Å²) in [7, 11) is -1.89. The number of benzene rings is 1. The van der Waals surface area contributed by atoms with E-state index < -0.39 is 20.9 Å². The summed E-state index contributed by atoms with van der Waals surface area (Å²) in [6.45, 7) is 5.81. The molecule has 0 bridgehead atoms. The molecule has 0 aliphatic rings. The first-order valence-corrected chi connectivity index (χ1v) is 8.85. The average Bonchev–Trinajstić information content (AvgIpc) is 2.16. The summed E-state index contributed by atoms with van der Waals surface area (Å²) in [6, 6.07) is 4.01. The third kappa shape index (κ3) is 4.91. The van der Waals surface area contributed by atoms with Crippen molar-refractivity contribution in [3.05, 3.63) is 29.3 Å². The third-order valence-electron chi connectivity index (χ3n) is 2.02. The lowest BCUT2D eigenvalue weighted by atomic mass is 10.1. The number of halogens is 3. The SMILES string of the molecule is C[Si](C)(C)Oc1ccc(CC(F)(F)F)cc1C=O. The van der Waals surface area contributed by atoms with Crippen LogP contribution >= 0.6 is 0 Å². The smallest absolute Gasteiger partial charge is 0.393 e. The highest BCUT2D eigenvalue weighted by Gasteiger charge is 2.28. The van der Waals surface area contributed by atoms with Crippen LogP contribution in [-0.4, -0.2) is 20.8 Å². The lowest BCUT2D eigenvalue weighted by Gasteiger charge is -2.20. The maximum absolute atomic E-state index is 12.2. The van der Waals surface area contributed by atoms with Gasteiger partial charge in [0.25, 0.3) is 0 Å². The van der Waals surface area contributed by atoms with Gasteiger partial charge in [0.2, 0.25) is 8.32 Å². The van der Waals surface area contributed by atoms with E-state index >= 15 is 0 Å². The second-order valence-corrected chi connectivity index (χ2v) is 9.43. The largest absolute Gasteiger partial charge is 0.544 e. The van der Waals surface area contributed by atoms with E-state index in [4.69, 9.17) is 4.43 Å². The molecule has 0 radical (unpaired) electrons. The molecule has 1 rings (SSSR count). The normalized spacial score (nSPS) is 12.3. The van der Waals surface area contributed by atoms with E-state index in [1.165, 1.54) is 18.2 Å². The zero-order valence-corrected chi connectivity index (χ0v) is 11.5. The van der Waals surface area contributed by atoms with Gasteiger partial charge in [-0.1, -0.05) is 6.07 Å². The minimum absolute atomic E-state index is 0.0625. The molecule has 0 saturated carbocycles. The molecular weight excluding hydrogens is 261 g/mol. The van der Waals surface area contributed by atoms with Crippen molar-refractivity contribution in [3.63, 3.8) is 0 Å². The fourth-order valence-corrected chi connectivity index (χ4v) is 2.30. The lowest BCUT2D eigenvalue weighted by molar-refractivity contribution is -0.127. The molecular formula is C12H15F3O2Si. The summed E-state index contributed by atoms with van der Waals surface area (Å²) in [5.41, 5.74) is 0.228. The van der Waals surface area contributed by atoms with Crippen LogP contribution in [-0.2, 0) is 6.42 Å². The van der Waals surface area contributed by atoms with Crippen LogP contribution in [0, 0.1) is 0 Å². The van der Waals surface area contributed by atoms with Crippen LogP contribution in [0.15, 0.2) is 18.2 Å². The number of rotatable bonds is 4. The van der Waals surface area contributed by atoms with Gasteiger partial charge in [-0.05, 0) is 37.3 Å². The Hall–Kier alpha value is -1.30. The molecule has 0 unspecified atom stereocenters. The summed E-state index contributed by atoms with van der Waals surface area (Å²) in [5.74, 6) is 0.357. The molecule has 0 amide bonds. The molecule has 0 saturated heterocycles. The van der Waals surface area contributed by atoms with Gasteiger partial charge in [0, 0.05) is 0 Å². The van der Waals surface area contributed by atoms with Crippen LogP contribution in [0.4, 0.5) is 13.2 Å². The predicted octanol–water partition coefficient (Wildman–Crippen LogP) is 3.82. The van der Waals surface area contributed by atoms with E-state index in [9.17, 15) is 18.0 Å². The van der Waals surface area contributed by atoms with E-state index in [2.05, 4.69) is 0 Å². The quantitative estimate of drug-likeness (QED) is 0.617. The molecule has 0 aromatic heterocycles. The lowest BCUT2D eigenvalue weighted by Crippen LogP contribution is -2.29. The van der Waals surface area contributed by atoms with Crippen LogP contribution < -0.4 is 4.43 Å². The Kier molecular flexibility index (Phi) is 4.21. The highest BCUT2D eigenvalue weighted by atomic mass is 28.4. The zero-order valence-electron chi connectivity index (χ0n) is 10.5. The Morgan fingerprint density at radius 3 is 2.33 bits per heavy atom. The van der Waals surface area contributed by atoms with Crippen molar-refractivity contribution in [2.75, 3.05) is 0 Å². The Labute approximate surface area is 105 Å². The minimum Gasteiger partial charge on any atom is -0.544 e. The van der Waals surface area contributed by atoms with Gasteiger partial charge in [-0.15, -0.1) is 0 Å². The Morgan fingerprint density at radius 2 is 1.89 bits per heavy atom. The highest BCUT2D eigenvalue weighted by molar-refractivity contribution is 6.70. The molecule has 0 fully saturated rings. The first-order chi connectivity index (χ1) is 8.11. The fourth-order valence-electron chi connectivity index (χ4n) is 1.45. The predicted molar refractivity (Wildman–Crippen MR) is 65.6 cm³/mol. The molecule has 0 heterocycles. The number of alkyl halides is 3. The maximum atomic E-state index is 12.2. The van der Waals surface area contributed by atoms with Gasteiger partial charge >= 0.3 is 6.18 Å². The van der Waals surface area contributed by atoms with Gasteiger partial charge in [-0.25, -0.2) is 0 Å². The van der Waals surface area contributed by atoms with Gasteiger partial charge in [0.05, 0.1) is 12.0 Å².